The molecule has 6 amide bonds. The molecule has 67 heavy (non-hydrogen) atoms. The summed E-state index contributed by atoms with van der Waals surface area (Å²) in [5.74, 6) is -5.87. The van der Waals surface area contributed by atoms with E-state index in [0.717, 1.165) is 16.5 Å². The van der Waals surface area contributed by atoms with Crippen molar-refractivity contribution in [1.82, 2.24) is 36.5 Å². The molecule has 8 atom stereocenters. The standard InChI is InChI=1S/C48H71N11O8/c1-7-29(6)40(47(66)67)58-42(61)35(19-13-21-52-48(50)51)54-43(62)36(25-31-26-53-34-18-12-11-17-32(31)34)55-44(63)38-20-14-22-59(38)46(65)37(23-27(2)3)56-45(64)39(28(4)5)57-41(60)33(49)24-30-15-9-8-10-16-30/h8-12,15-18,26-29,33,35-40,53H,7,13-14,19-25,49H2,1-6H3,(H,54,62)(H,55,63)(H,56,64)(H,57,60)(H,58,61)(H,66,67)(H4,50,51,52)/t29-,33-,35-,36-,37-,38-,39-,40-/m0/s1. The van der Waals surface area contributed by atoms with Crippen LogP contribution in [0.15, 0.2) is 65.8 Å². The largest absolute Gasteiger partial charge is 0.480 e. The zero-order chi connectivity index (χ0) is 49.4. The molecule has 0 saturated carbocycles. The van der Waals surface area contributed by atoms with Gasteiger partial charge in [0.1, 0.15) is 36.3 Å². The van der Waals surface area contributed by atoms with Gasteiger partial charge < -0.3 is 58.8 Å². The van der Waals surface area contributed by atoms with Crippen molar-refractivity contribution >= 4 is 58.3 Å². The van der Waals surface area contributed by atoms with Gasteiger partial charge in [0.25, 0.3) is 0 Å². The number of carbonyl (C=O) groups excluding carboxylic acids is 6. The van der Waals surface area contributed by atoms with Crippen LogP contribution in [0.1, 0.15) is 91.2 Å². The van der Waals surface area contributed by atoms with Gasteiger partial charge in [0.15, 0.2) is 5.96 Å². The minimum atomic E-state index is -1.27. The summed E-state index contributed by atoms with van der Waals surface area (Å²) in [6.45, 7) is 11.2. The minimum Gasteiger partial charge on any atom is -0.480 e. The van der Waals surface area contributed by atoms with E-state index >= 15 is 0 Å². The number of H-pyrrole nitrogens is 1. The molecule has 0 radical (unpaired) electrons. The van der Waals surface area contributed by atoms with Crippen LogP contribution in [0.4, 0.5) is 0 Å². The maximum atomic E-state index is 14.5. The topological polar surface area (TPSA) is 309 Å². The quantitative estimate of drug-likeness (QED) is 0.0331. The van der Waals surface area contributed by atoms with Gasteiger partial charge in [0.05, 0.1) is 6.04 Å². The Kier molecular flexibility index (Phi) is 20.2. The van der Waals surface area contributed by atoms with Gasteiger partial charge in [-0.25, -0.2) is 4.79 Å². The first-order chi connectivity index (χ1) is 31.8. The second-order valence-electron chi connectivity index (χ2n) is 18.3. The number of rotatable bonds is 25. The van der Waals surface area contributed by atoms with E-state index in [4.69, 9.17) is 17.2 Å². The van der Waals surface area contributed by atoms with E-state index in [-0.39, 0.29) is 69.4 Å². The molecule has 19 nitrogen and oxygen atoms in total. The number of amides is 6. The normalized spacial score (nSPS) is 16.8. The predicted molar refractivity (Wildman–Crippen MR) is 256 cm³/mol. The molecule has 2 heterocycles. The molecule has 2 aromatic carbocycles. The Hall–Kier alpha value is -6.50. The number of hydrogen-bond donors (Lipinski definition) is 10. The number of aromatic amines is 1. The van der Waals surface area contributed by atoms with Crippen molar-refractivity contribution in [2.75, 3.05) is 13.1 Å². The van der Waals surface area contributed by atoms with E-state index in [2.05, 4.69) is 36.6 Å². The molecule has 0 bridgehead atoms. The first-order valence-electron chi connectivity index (χ1n) is 23.3. The molecule has 13 N–H and O–H groups in total. The third-order valence-electron chi connectivity index (χ3n) is 12.1. The van der Waals surface area contributed by atoms with Crippen LogP contribution in [0.25, 0.3) is 10.9 Å². The van der Waals surface area contributed by atoms with Gasteiger partial charge in [-0.2, -0.15) is 0 Å². The summed E-state index contributed by atoms with van der Waals surface area (Å²) in [4.78, 5) is 105. The van der Waals surface area contributed by atoms with E-state index in [1.165, 1.54) is 4.90 Å². The highest BCUT2D eigenvalue weighted by molar-refractivity contribution is 5.98. The van der Waals surface area contributed by atoms with Crippen LogP contribution in [-0.2, 0) is 46.4 Å². The van der Waals surface area contributed by atoms with Crippen LogP contribution in [-0.4, -0.2) is 118 Å². The summed E-state index contributed by atoms with van der Waals surface area (Å²) in [7, 11) is 0. The Morgan fingerprint density at radius 2 is 1.43 bits per heavy atom. The van der Waals surface area contributed by atoms with Gasteiger partial charge in [-0.15, -0.1) is 0 Å². The average molecular weight is 930 g/mol. The molecule has 1 aromatic heterocycles. The molecule has 1 saturated heterocycles. The number of fused-ring (bicyclic) bond motifs is 1. The fraction of sp³-hybridized carbons (Fsp3) is 0.542. The van der Waals surface area contributed by atoms with Gasteiger partial charge in [-0.05, 0) is 73.5 Å². The Labute approximate surface area is 392 Å². The maximum absolute atomic E-state index is 14.5. The van der Waals surface area contributed by atoms with Crippen LogP contribution in [0.2, 0.25) is 0 Å². The summed E-state index contributed by atoms with van der Waals surface area (Å²) in [5, 5.41) is 24.6. The average Bonchev–Trinajstić information content (AvgIpc) is 3.95. The number of guanidine groups is 1. The van der Waals surface area contributed by atoms with Gasteiger partial charge in [0, 0.05) is 36.6 Å². The number of carboxylic acids is 1. The fourth-order valence-electron chi connectivity index (χ4n) is 8.19. The lowest BCUT2D eigenvalue weighted by atomic mass is 9.98. The van der Waals surface area contributed by atoms with E-state index in [9.17, 15) is 38.7 Å². The molecule has 1 aliphatic heterocycles. The number of benzene rings is 2. The van der Waals surface area contributed by atoms with E-state index in [0.29, 0.717) is 18.4 Å². The van der Waals surface area contributed by atoms with E-state index < -0.39 is 89.6 Å². The highest BCUT2D eigenvalue weighted by Crippen LogP contribution is 2.23. The van der Waals surface area contributed by atoms with E-state index in [1.54, 1.807) is 33.9 Å². The number of nitrogens with two attached hydrogens (primary N) is 3. The van der Waals surface area contributed by atoms with Crippen LogP contribution < -0.4 is 43.8 Å². The monoisotopic (exact) mass is 930 g/mol. The van der Waals surface area contributed by atoms with Gasteiger partial charge in [-0.1, -0.05) is 96.5 Å². The van der Waals surface area contributed by atoms with Crippen molar-refractivity contribution in [3.63, 3.8) is 0 Å². The van der Waals surface area contributed by atoms with Gasteiger partial charge in [-0.3, -0.25) is 33.8 Å². The van der Waals surface area contributed by atoms with Crippen LogP contribution in [0, 0.1) is 17.8 Å². The number of aliphatic carboxylic acids is 1. The van der Waals surface area contributed by atoms with Gasteiger partial charge >= 0.3 is 5.97 Å². The Morgan fingerprint density at radius 1 is 0.791 bits per heavy atom. The molecule has 366 valence electrons. The lowest BCUT2D eigenvalue weighted by Gasteiger charge is -2.32. The molecular weight excluding hydrogens is 859 g/mol. The number of para-hydroxylation sites is 1. The second kappa shape index (κ2) is 25.4. The fourth-order valence-corrected chi connectivity index (χ4v) is 8.19. The third-order valence-corrected chi connectivity index (χ3v) is 12.1. The maximum Gasteiger partial charge on any atom is 0.326 e. The number of aliphatic imine (C=N–C) groups is 1. The number of nitrogens with zero attached hydrogens (tertiary/aromatic N) is 2. The lowest BCUT2D eigenvalue weighted by Crippen LogP contribution is -2.60. The third kappa shape index (κ3) is 15.5. The molecule has 3 aromatic rings. The SMILES string of the molecule is CC[C@H](C)[C@H](NC(=O)[C@H](CCCN=C(N)N)NC(=O)[C@H](Cc1c[nH]c2ccccc12)NC(=O)[C@@H]1CCCN1C(=O)[C@H](CC(C)C)NC(=O)[C@@H](NC(=O)[C@@H](N)Cc1ccccc1)C(C)C)C(=O)O. The number of carboxylic acid groups (broad SMARTS) is 1. The summed E-state index contributed by atoms with van der Waals surface area (Å²) < 4.78 is 0. The summed E-state index contributed by atoms with van der Waals surface area (Å²) in [5.41, 5.74) is 19.6. The zero-order valence-electron chi connectivity index (χ0n) is 39.5. The number of likely N-dealkylation sites (tertiary alicyclic amines) is 1. The summed E-state index contributed by atoms with van der Waals surface area (Å²) in [6.07, 6.45) is 3.69. The molecule has 0 unspecified atom stereocenters. The smallest absolute Gasteiger partial charge is 0.326 e. The Bertz CT molecular complexity index is 2190. The number of hydrogen-bond acceptors (Lipinski definition) is 9. The molecule has 4 rings (SSSR count). The van der Waals surface area contributed by atoms with Crippen molar-refractivity contribution in [3.8, 4) is 0 Å². The molecule has 1 fully saturated rings. The molecule has 19 heteroatoms. The highest BCUT2D eigenvalue weighted by atomic mass is 16.4. The highest BCUT2D eigenvalue weighted by Gasteiger charge is 2.41. The van der Waals surface area contributed by atoms with Crippen LogP contribution >= 0.6 is 0 Å². The lowest BCUT2D eigenvalue weighted by molar-refractivity contribution is -0.144. The summed E-state index contributed by atoms with van der Waals surface area (Å²) in [6, 6.07) is 8.97. The van der Waals surface area contributed by atoms with Crippen molar-refractivity contribution in [2.45, 2.75) is 135 Å². The van der Waals surface area contributed by atoms with Crippen LogP contribution in [0.5, 0.6) is 0 Å². The van der Waals surface area contributed by atoms with Crippen molar-refractivity contribution in [3.05, 3.63) is 71.9 Å². The first-order valence-corrected chi connectivity index (χ1v) is 23.3. The molecular formula is C48H71N11O8. The zero-order valence-corrected chi connectivity index (χ0v) is 39.5. The number of carbonyl (C=O) groups is 7. The van der Waals surface area contributed by atoms with Crippen molar-refractivity contribution in [1.29, 1.82) is 0 Å². The second-order valence-corrected chi connectivity index (χ2v) is 18.3. The van der Waals surface area contributed by atoms with Gasteiger partial charge in [0.2, 0.25) is 35.4 Å². The molecule has 0 aliphatic carbocycles. The van der Waals surface area contributed by atoms with Crippen molar-refractivity contribution in [2.24, 2.45) is 39.9 Å². The first kappa shape index (κ1) is 53.1. The Morgan fingerprint density at radius 3 is 2.07 bits per heavy atom. The van der Waals surface area contributed by atoms with Crippen molar-refractivity contribution < 1.29 is 38.7 Å². The number of aromatic nitrogens is 1. The Balaban J connectivity index is 1.58. The predicted octanol–water partition coefficient (Wildman–Crippen LogP) is 1.58. The minimum absolute atomic E-state index is 0.0153. The van der Waals surface area contributed by atoms with Crippen LogP contribution in [0.3, 0.4) is 0 Å². The number of nitrogens with one attached hydrogen (secondary N) is 6. The molecule has 1 aliphatic rings. The summed E-state index contributed by atoms with van der Waals surface area (Å²) >= 11 is 0. The molecule has 0 spiro atoms. The van der Waals surface area contributed by atoms with E-state index in [1.807, 2.05) is 68.4 Å².